The summed E-state index contributed by atoms with van der Waals surface area (Å²) in [6.45, 7) is 12.5. The average molecular weight is 889 g/mol. The fraction of sp³-hybridized carbons (Fsp3) is 0.512. The lowest BCUT2D eigenvalue weighted by molar-refractivity contribution is -0.145. The van der Waals surface area contributed by atoms with Gasteiger partial charge in [-0.2, -0.15) is 0 Å². The predicted octanol–water partition coefficient (Wildman–Crippen LogP) is 2.12. The van der Waals surface area contributed by atoms with E-state index in [0.717, 1.165) is 38.0 Å². The molecule has 5 atom stereocenters. The van der Waals surface area contributed by atoms with Crippen molar-refractivity contribution in [1.29, 1.82) is 0 Å². The molecule has 0 radical (unpaired) electrons. The second kappa shape index (κ2) is 24.2. The van der Waals surface area contributed by atoms with Crippen LogP contribution in [0.5, 0.6) is 5.75 Å². The highest BCUT2D eigenvalue weighted by molar-refractivity contribution is 6.05. The zero-order valence-electron chi connectivity index (χ0n) is 37.1. The van der Waals surface area contributed by atoms with Crippen molar-refractivity contribution in [2.75, 3.05) is 26.1 Å². The summed E-state index contributed by atoms with van der Waals surface area (Å²) in [6.07, 6.45) is -2.04. The minimum absolute atomic E-state index is 0.315. The Morgan fingerprint density at radius 2 is 1.11 bits per heavy atom. The maximum absolute atomic E-state index is 14.0. The maximum Gasteiger partial charge on any atom is 0.308 e. The van der Waals surface area contributed by atoms with Crippen molar-refractivity contribution < 1.29 is 66.1 Å². The molecule has 0 aromatic heterocycles. The number of ether oxygens (including phenoxy) is 3. The first kappa shape index (κ1) is 52.7. The number of Topliss-reactive ketones (excluding diaryl/α,β-unsaturated/α-hetero) is 1. The molecular weight excluding hydrogens is 830 g/mol. The molecule has 0 saturated carbocycles. The van der Waals surface area contributed by atoms with Gasteiger partial charge in [0.1, 0.15) is 43.2 Å². The van der Waals surface area contributed by atoms with Gasteiger partial charge in [-0.25, -0.2) is 8.78 Å². The van der Waals surface area contributed by atoms with Gasteiger partial charge in [0.05, 0.1) is 27.1 Å². The van der Waals surface area contributed by atoms with Crippen LogP contribution in [0.3, 0.4) is 0 Å². The summed E-state index contributed by atoms with van der Waals surface area (Å²) in [5, 5.41) is 14.8. The highest BCUT2D eigenvalue weighted by atomic mass is 19.1. The first-order valence-electron chi connectivity index (χ1n) is 20.0. The summed E-state index contributed by atoms with van der Waals surface area (Å²) < 4.78 is 42.4. The molecule has 0 spiro atoms. The number of hydrogen-bond donors (Lipinski definition) is 6. The van der Waals surface area contributed by atoms with E-state index in [4.69, 9.17) is 9.47 Å². The Balaban J connectivity index is 2.17. The fourth-order valence-electron chi connectivity index (χ4n) is 5.88. The Morgan fingerprint density at radius 1 is 0.603 bits per heavy atom. The Kier molecular flexibility index (Phi) is 20.3. The summed E-state index contributed by atoms with van der Waals surface area (Å²) in [7, 11) is 2.08. The number of ketones is 1. The van der Waals surface area contributed by atoms with Gasteiger partial charge in [-0.3, -0.25) is 43.2 Å². The third-order valence-electron chi connectivity index (χ3n) is 9.41. The number of para-hydroxylation sites is 2. The van der Waals surface area contributed by atoms with Crippen LogP contribution in [-0.4, -0.2) is 104 Å². The molecule has 0 heterocycles. The van der Waals surface area contributed by atoms with E-state index in [0.29, 0.717) is 5.69 Å². The third kappa shape index (κ3) is 16.7. The van der Waals surface area contributed by atoms with Crippen molar-refractivity contribution in [3.05, 3.63) is 59.7 Å². The topological polar surface area (TPSA) is 253 Å². The lowest BCUT2D eigenvalue weighted by Gasteiger charge is -2.28. The van der Waals surface area contributed by atoms with Crippen molar-refractivity contribution >= 4 is 58.9 Å². The number of esters is 2. The number of carbonyl (C=O) groups excluding carboxylic acids is 9. The summed E-state index contributed by atoms with van der Waals surface area (Å²) in [6, 6.07) is 2.65. The van der Waals surface area contributed by atoms with Crippen LogP contribution >= 0.6 is 0 Å². The largest absolute Gasteiger partial charge is 0.480 e. The molecule has 0 aliphatic carbocycles. The zero-order valence-corrected chi connectivity index (χ0v) is 37.1. The molecule has 20 heteroatoms. The van der Waals surface area contributed by atoms with Crippen LogP contribution in [0.15, 0.2) is 42.5 Å². The van der Waals surface area contributed by atoms with Crippen LogP contribution in [0.4, 0.5) is 14.5 Å². The van der Waals surface area contributed by atoms with Crippen LogP contribution in [0.2, 0.25) is 0 Å². The maximum atomic E-state index is 14.0. The third-order valence-corrected chi connectivity index (χ3v) is 9.41. The molecular formula is C43H58F2N6O12. The van der Waals surface area contributed by atoms with Gasteiger partial charge in [0.2, 0.25) is 35.4 Å². The van der Waals surface area contributed by atoms with Crippen LogP contribution in [0.1, 0.15) is 80.2 Å². The minimum atomic E-state index is -1.64. The molecule has 6 amide bonds. The van der Waals surface area contributed by atoms with Gasteiger partial charge in [-0.1, -0.05) is 72.7 Å². The monoisotopic (exact) mass is 888 g/mol. The zero-order chi connectivity index (χ0) is 47.8. The van der Waals surface area contributed by atoms with Gasteiger partial charge in [0, 0.05) is 5.69 Å². The van der Waals surface area contributed by atoms with Gasteiger partial charge in [0.15, 0.2) is 23.2 Å². The summed E-state index contributed by atoms with van der Waals surface area (Å²) in [5.41, 5.74) is 1.04. The predicted molar refractivity (Wildman–Crippen MR) is 224 cm³/mol. The standard InChI is InChI=1S/C43H58F2N6O12/c1-22(2)36(50-33(54)20-32(53)47-28-17-12-11-14-25(28)43(6,7)8)42(60)49-30(19-35(56)62-10)40(58)51-37(23(3)4)41(59)46-24(5)39(57)48-29(18-34(55)61-9)31(52)21-63-38-26(44)15-13-16-27(38)45/h11-17,22-24,29-30,36-37H,18-21H2,1-10H3,(H,46,59)(H,47,53)(H,48,57)(H,49,60)(H,50,54)(H,51,58)/t24-,29?,30-,36-,37-/m0/s1. The van der Waals surface area contributed by atoms with E-state index >= 15 is 0 Å². The van der Waals surface area contributed by atoms with E-state index in [-0.39, 0.29) is 5.41 Å². The lowest BCUT2D eigenvalue weighted by Crippen LogP contribution is -2.60. The number of rotatable bonds is 22. The van der Waals surface area contributed by atoms with Gasteiger partial charge >= 0.3 is 11.9 Å². The number of anilines is 1. The Bertz CT molecular complexity index is 1980. The van der Waals surface area contributed by atoms with Crippen molar-refractivity contribution in [1.82, 2.24) is 26.6 Å². The number of amides is 6. The summed E-state index contributed by atoms with van der Waals surface area (Å²) in [4.78, 5) is 117. The number of carbonyl (C=O) groups is 9. The molecule has 0 bridgehead atoms. The SMILES string of the molecule is COC(=O)CC(NC(=O)[C@H](C)NC(=O)[C@@H](NC(=O)[C@H](CC(=O)OC)NC(=O)[C@@H](NC(=O)CC(=O)Nc1ccccc1C(C)(C)C)C(C)C)C(C)C)C(=O)COc1c(F)cccc1F. The van der Waals surface area contributed by atoms with Crippen molar-refractivity contribution in [3.8, 4) is 5.75 Å². The Hall–Kier alpha value is -6.47. The van der Waals surface area contributed by atoms with Crippen LogP contribution in [0.25, 0.3) is 0 Å². The smallest absolute Gasteiger partial charge is 0.308 e. The second-order valence-corrected chi connectivity index (χ2v) is 16.3. The molecule has 6 N–H and O–H groups in total. The molecule has 1 unspecified atom stereocenters. The van der Waals surface area contributed by atoms with Crippen molar-refractivity contribution in [2.45, 2.75) is 110 Å². The van der Waals surface area contributed by atoms with E-state index in [1.165, 1.54) is 6.92 Å². The van der Waals surface area contributed by atoms with Gasteiger partial charge in [-0.15, -0.1) is 0 Å². The van der Waals surface area contributed by atoms with E-state index in [1.807, 2.05) is 32.9 Å². The summed E-state index contributed by atoms with van der Waals surface area (Å²) in [5.74, 6) is -12.3. The van der Waals surface area contributed by atoms with E-state index in [1.54, 1.807) is 39.8 Å². The van der Waals surface area contributed by atoms with E-state index in [2.05, 4.69) is 36.6 Å². The van der Waals surface area contributed by atoms with Crippen molar-refractivity contribution in [2.24, 2.45) is 11.8 Å². The van der Waals surface area contributed by atoms with E-state index in [9.17, 15) is 51.9 Å². The number of nitrogens with one attached hydrogen (secondary N) is 6. The molecule has 2 aromatic rings. The molecule has 0 aliphatic heterocycles. The second-order valence-electron chi connectivity index (χ2n) is 16.3. The number of hydrogen-bond acceptors (Lipinski definition) is 12. The van der Waals surface area contributed by atoms with Crippen molar-refractivity contribution in [3.63, 3.8) is 0 Å². The number of benzene rings is 2. The molecule has 63 heavy (non-hydrogen) atoms. The minimum Gasteiger partial charge on any atom is -0.480 e. The number of methoxy groups -OCH3 is 2. The molecule has 346 valence electrons. The molecule has 2 aromatic carbocycles. The van der Waals surface area contributed by atoms with Crippen LogP contribution in [0, 0.1) is 23.5 Å². The molecule has 0 fully saturated rings. The first-order chi connectivity index (χ1) is 29.4. The quantitative estimate of drug-likeness (QED) is 0.0735. The molecule has 0 aliphatic rings. The van der Waals surface area contributed by atoms with E-state index < -0.39 is 138 Å². The normalized spacial score (nSPS) is 13.6. The highest BCUT2D eigenvalue weighted by Crippen LogP contribution is 2.29. The first-order valence-corrected chi connectivity index (χ1v) is 20.0. The van der Waals surface area contributed by atoms with Crippen LogP contribution in [-0.2, 0) is 58.0 Å². The lowest BCUT2D eigenvalue weighted by atomic mass is 9.86. The Morgan fingerprint density at radius 3 is 1.65 bits per heavy atom. The molecule has 2 rings (SSSR count). The van der Waals surface area contributed by atoms with Gasteiger partial charge in [-0.05, 0) is 47.9 Å². The highest BCUT2D eigenvalue weighted by Gasteiger charge is 2.35. The fourth-order valence-corrected chi connectivity index (χ4v) is 5.88. The van der Waals surface area contributed by atoms with Gasteiger partial charge in [0.25, 0.3) is 0 Å². The molecule has 18 nitrogen and oxygen atoms in total. The molecule has 0 saturated heterocycles. The average Bonchev–Trinajstić information content (AvgIpc) is 3.20. The number of halogens is 2. The van der Waals surface area contributed by atoms with Crippen LogP contribution < -0.4 is 36.6 Å². The summed E-state index contributed by atoms with van der Waals surface area (Å²) >= 11 is 0. The van der Waals surface area contributed by atoms with Gasteiger partial charge < -0.3 is 46.1 Å². The Labute approximate surface area is 364 Å².